The molecule has 1 aromatic heterocycles. The molecule has 4 heteroatoms. The highest BCUT2D eigenvalue weighted by Crippen LogP contribution is 2.22. The van der Waals surface area contributed by atoms with E-state index in [9.17, 15) is 0 Å². The molecular formula is C14H22N2O2. The Bertz CT molecular complexity index is 378. The molecule has 1 aliphatic carbocycles. The lowest BCUT2D eigenvalue weighted by Gasteiger charge is -2.12. The Morgan fingerprint density at radius 1 is 1.33 bits per heavy atom. The van der Waals surface area contributed by atoms with Gasteiger partial charge in [-0.15, -0.1) is 0 Å². The van der Waals surface area contributed by atoms with E-state index in [0.717, 1.165) is 30.3 Å². The number of hydrogen-bond donors (Lipinski definition) is 1. The lowest BCUT2D eigenvalue weighted by atomic mass is 10.3. The van der Waals surface area contributed by atoms with Crippen LogP contribution in [0.3, 0.4) is 0 Å². The summed E-state index contributed by atoms with van der Waals surface area (Å²) in [6, 6.07) is 4.66. The Balaban J connectivity index is 1.88. The second-order valence-electron chi connectivity index (χ2n) is 4.60. The Morgan fingerprint density at radius 3 is 2.89 bits per heavy atom. The van der Waals surface area contributed by atoms with E-state index in [4.69, 9.17) is 9.47 Å². The largest absolute Gasteiger partial charge is 0.489 e. The van der Waals surface area contributed by atoms with E-state index in [0.29, 0.717) is 19.3 Å². The Morgan fingerprint density at radius 2 is 2.17 bits per heavy atom. The molecule has 0 saturated heterocycles. The van der Waals surface area contributed by atoms with Gasteiger partial charge in [-0.2, -0.15) is 0 Å². The highest BCUT2D eigenvalue weighted by atomic mass is 16.5. The molecule has 0 unspecified atom stereocenters. The third kappa shape index (κ3) is 4.27. The summed E-state index contributed by atoms with van der Waals surface area (Å²) < 4.78 is 11.0. The fourth-order valence-electron chi connectivity index (χ4n) is 1.74. The van der Waals surface area contributed by atoms with Gasteiger partial charge in [-0.3, -0.25) is 4.98 Å². The number of nitrogens with zero attached hydrogens (tertiary/aromatic N) is 1. The van der Waals surface area contributed by atoms with Crippen molar-refractivity contribution in [3.63, 3.8) is 0 Å². The van der Waals surface area contributed by atoms with Gasteiger partial charge >= 0.3 is 0 Å². The zero-order valence-corrected chi connectivity index (χ0v) is 11.2. The molecular weight excluding hydrogens is 228 g/mol. The predicted octanol–water partition coefficient (Wildman–Crippen LogP) is 2.06. The van der Waals surface area contributed by atoms with Gasteiger partial charge in [0.1, 0.15) is 12.4 Å². The van der Waals surface area contributed by atoms with Crippen molar-refractivity contribution in [1.29, 1.82) is 0 Å². The van der Waals surface area contributed by atoms with Crippen molar-refractivity contribution in [3.05, 3.63) is 23.5 Å². The van der Waals surface area contributed by atoms with E-state index < -0.39 is 0 Å². The van der Waals surface area contributed by atoms with E-state index in [1.54, 1.807) is 0 Å². The van der Waals surface area contributed by atoms with Gasteiger partial charge in [0.15, 0.2) is 0 Å². The van der Waals surface area contributed by atoms with Crippen LogP contribution in [-0.2, 0) is 11.3 Å². The molecule has 100 valence electrons. The number of aryl methyl sites for hydroxylation is 1. The second kappa shape index (κ2) is 6.71. The zero-order chi connectivity index (χ0) is 12.8. The standard InChI is InChI=1S/C14H22N2O2/c1-3-17-8-9-18-14-7-4-11(2)16-13(14)10-15-12-5-6-12/h4,7,12,15H,3,5-6,8-10H2,1-2H3. The first-order valence-corrected chi connectivity index (χ1v) is 6.70. The summed E-state index contributed by atoms with van der Waals surface area (Å²) >= 11 is 0. The van der Waals surface area contributed by atoms with Crippen LogP contribution in [0.25, 0.3) is 0 Å². The maximum Gasteiger partial charge on any atom is 0.142 e. The van der Waals surface area contributed by atoms with E-state index in [-0.39, 0.29) is 0 Å². The molecule has 2 rings (SSSR count). The number of hydrogen-bond acceptors (Lipinski definition) is 4. The highest BCUT2D eigenvalue weighted by Gasteiger charge is 2.21. The first kappa shape index (κ1) is 13.3. The average Bonchev–Trinajstić information content (AvgIpc) is 3.18. The van der Waals surface area contributed by atoms with E-state index in [2.05, 4.69) is 10.3 Å². The van der Waals surface area contributed by atoms with Gasteiger partial charge in [-0.1, -0.05) is 0 Å². The molecule has 0 spiro atoms. The first-order valence-electron chi connectivity index (χ1n) is 6.70. The number of nitrogens with one attached hydrogen (secondary N) is 1. The molecule has 1 heterocycles. The highest BCUT2D eigenvalue weighted by molar-refractivity contribution is 5.29. The Kier molecular flexibility index (Phi) is 4.96. The van der Waals surface area contributed by atoms with Crippen molar-refractivity contribution >= 4 is 0 Å². The van der Waals surface area contributed by atoms with Crippen molar-refractivity contribution in [3.8, 4) is 5.75 Å². The third-order valence-electron chi connectivity index (χ3n) is 2.90. The number of rotatable bonds is 8. The van der Waals surface area contributed by atoms with Crippen LogP contribution in [0.1, 0.15) is 31.2 Å². The quantitative estimate of drug-likeness (QED) is 0.717. The van der Waals surface area contributed by atoms with Gasteiger partial charge in [0, 0.05) is 24.9 Å². The van der Waals surface area contributed by atoms with Crippen molar-refractivity contribution < 1.29 is 9.47 Å². The smallest absolute Gasteiger partial charge is 0.142 e. The summed E-state index contributed by atoms with van der Waals surface area (Å²) in [7, 11) is 0. The fourth-order valence-corrected chi connectivity index (χ4v) is 1.74. The fraction of sp³-hybridized carbons (Fsp3) is 0.643. The average molecular weight is 250 g/mol. The number of aromatic nitrogens is 1. The Hall–Kier alpha value is -1.13. The molecule has 0 aromatic carbocycles. The van der Waals surface area contributed by atoms with Crippen LogP contribution in [0.15, 0.2) is 12.1 Å². The molecule has 1 N–H and O–H groups in total. The summed E-state index contributed by atoms with van der Waals surface area (Å²) in [6.45, 7) is 6.71. The van der Waals surface area contributed by atoms with Gasteiger partial charge in [-0.05, 0) is 38.8 Å². The van der Waals surface area contributed by atoms with Gasteiger partial charge < -0.3 is 14.8 Å². The minimum absolute atomic E-state index is 0.578. The van der Waals surface area contributed by atoms with Crippen molar-refractivity contribution in [1.82, 2.24) is 10.3 Å². The van der Waals surface area contributed by atoms with Crippen LogP contribution in [-0.4, -0.2) is 30.8 Å². The van der Waals surface area contributed by atoms with Crippen LogP contribution >= 0.6 is 0 Å². The molecule has 18 heavy (non-hydrogen) atoms. The molecule has 4 nitrogen and oxygen atoms in total. The lowest BCUT2D eigenvalue weighted by Crippen LogP contribution is -2.18. The topological polar surface area (TPSA) is 43.4 Å². The molecule has 0 bridgehead atoms. The summed E-state index contributed by atoms with van der Waals surface area (Å²) in [5.41, 5.74) is 2.03. The third-order valence-corrected chi connectivity index (χ3v) is 2.90. The molecule has 1 fully saturated rings. The SMILES string of the molecule is CCOCCOc1ccc(C)nc1CNC1CC1. The molecule has 0 amide bonds. The number of pyridine rings is 1. The molecule has 0 aliphatic heterocycles. The maximum absolute atomic E-state index is 5.72. The summed E-state index contributed by atoms with van der Waals surface area (Å²) in [5, 5.41) is 3.47. The molecule has 1 aromatic rings. The van der Waals surface area contributed by atoms with E-state index in [1.165, 1.54) is 12.8 Å². The van der Waals surface area contributed by atoms with Crippen LogP contribution in [0.4, 0.5) is 0 Å². The molecule has 0 radical (unpaired) electrons. The zero-order valence-electron chi connectivity index (χ0n) is 11.2. The first-order chi connectivity index (χ1) is 8.79. The molecule has 0 atom stereocenters. The van der Waals surface area contributed by atoms with Gasteiger partial charge in [0.05, 0.1) is 12.3 Å². The van der Waals surface area contributed by atoms with Crippen LogP contribution in [0.5, 0.6) is 5.75 Å². The van der Waals surface area contributed by atoms with Gasteiger partial charge in [0.25, 0.3) is 0 Å². The van der Waals surface area contributed by atoms with Crippen LogP contribution < -0.4 is 10.1 Å². The molecule has 1 aliphatic rings. The Labute approximate surface area is 109 Å². The van der Waals surface area contributed by atoms with Gasteiger partial charge in [0.2, 0.25) is 0 Å². The summed E-state index contributed by atoms with van der Waals surface area (Å²) in [4.78, 5) is 4.54. The van der Waals surface area contributed by atoms with E-state index in [1.807, 2.05) is 26.0 Å². The lowest BCUT2D eigenvalue weighted by molar-refractivity contribution is 0.109. The minimum atomic E-state index is 0.578. The van der Waals surface area contributed by atoms with Crippen molar-refractivity contribution in [2.24, 2.45) is 0 Å². The van der Waals surface area contributed by atoms with E-state index >= 15 is 0 Å². The normalized spacial score (nSPS) is 14.8. The summed E-state index contributed by atoms with van der Waals surface area (Å²) in [6.07, 6.45) is 2.57. The maximum atomic E-state index is 5.72. The minimum Gasteiger partial charge on any atom is -0.489 e. The molecule has 1 saturated carbocycles. The van der Waals surface area contributed by atoms with Crippen LogP contribution in [0, 0.1) is 6.92 Å². The van der Waals surface area contributed by atoms with Gasteiger partial charge in [-0.25, -0.2) is 0 Å². The predicted molar refractivity (Wildman–Crippen MR) is 70.8 cm³/mol. The van der Waals surface area contributed by atoms with Crippen molar-refractivity contribution in [2.45, 2.75) is 39.3 Å². The van der Waals surface area contributed by atoms with Crippen LogP contribution in [0.2, 0.25) is 0 Å². The second-order valence-corrected chi connectivity index (χ2v) is 4.60. The summed E-state index contributed by atoms with van der Waals surface area (Å²) in [5.74, 6) is 0.869. The number of ether oxygens (including phenoxy) is 2. The monoisotopic (exact) mass is 250 g/mol. The van der Waals surface area contributed by atoms with Crippen molar-refractivity contribution in [2.75, 3.05) is 19.8 Å².